The molecule has 1 aliphatic heterocycles. The standard InChI is InChI=1S/C30H47F2N5O/c1-6-12-25(2)23-36(18-10-14-27(32)22-33-3)19-11-17-35(5)30(38)24-37-20-8-7-16-34(4)29-21-26(31)13-9-15-28(29)37/h9-10,13-14,18,21-22,25H,6-8,11-12,15-17,19-20,23-24H2,1-5H3/b18-10+,27-14+,33-22-. The molecule has 8 heteroatoms. The maximum atomic E-state index is 14.2. The lowest BCUT2D eigenvalue weighted by molar-refractivity contribution is -0.130. The number of likely N-dealkylation sites (N-methyl/N-ethyl adjacent to an activating group) is 2. The minimum atomic E-state index is -0.383. The molecule has 0 bridgehead atoms. The van der Waals surface area contributed by atoms with E-state index in [9.17, 15) is 13.6 Å². The summed E-state index contributed by atoms with van der Waals surface area (Å²) in [5.41, 5.74) is 1.87. The summed E-state index contributed by atoms with van der Waals surface area (Å²) in [5.74, 6) is -0.0561. The molecule has 0 N–H and O–H groups in total. The van der Waals surface area contributed by atoms with E-state index in [0.717, 1.165) is 69.7 Å². The first-order chi connectivity index (χ1) is 18.2. The van der Waals surface area contributed by atoms with E-state index in [1.807, 2.05) is 26.4 Å². The van der Waals surface area contributed by atoms with Gasteiger partial charge in [-0.3, -0.25) is 9.79 Å². The number of rotatable bonds is 13. The zero-order chi connectivity index (χ0) is 27.9. The third-order valence-corrected chi connectivity index (χ3v) is 6.95. The van der Waals surface area contributed by atoms with Gasteiger partial charge in [0.05, 0.1) is 18.5 Å². The number of carbonyl (C=O) groups excluding carboxylic acids is 1. The van der Waals surface area contributed by atoms with Gasteiger partial charge in [0.1, 0.15) is 11.7 Å². The smallest absolute Gasteiger partial charge is 0.241 e. The van der Waals surface area contributed by atoms with Crippen LogP contribution in [0.1, 0.15) is 52.4 Å². The molecule has 2 aliphatic rings. The Morgan fingerprint density at radius 3 is 2.76 bits per heavy atom. The van der Waals surface area contributed by atoms with Gasteiger partial charge in [-0.1, -0.05) is 26.3 Å². The van der Waals surface area contributed by atoms with Gasteiger partial charge in [0, 0.05) is 66.0 Å². The summed E-state index contributed by atoms with van der Waals surface area (Å²) in [6.07, 6.45) is 16.8. The van der Waals surface area contributed by atoms with Gasteiger partial charge in [-0.2, -0.15) is 0 Å². The van der Waals surface area contributed by atoms with Crippen molar-refractivity contribution in [1.29, 1.82) is 0 Å². The predicted octanol–water partition coefficient (Wildman–Crippen LogP) is 5.69. The van der Waals surface area contributed by atoms with Crippen molar-refractivity contribution in [3.63, 3.8) is 0 Å². The van der Waals surface area contributed by atoms with Crippen molar-refractivity contribution in [3.05, 3.63) is 59.6 Å². The Kier molecular flexibility index (Phi) is 13.9. The minimum absolute atomic E-state index is 0.0584. The molecule has 2 rings (SSSR count). The number of hydrogen-bond donors (Lipinski definition) is 0. The summed E-state index contributed by atoms with van der Waals surface area (Å²) < 4.78 is 27.9. The normalized spacial score (nSPS) is 17.9. The van der Waals surface area contributed by atoms with Crippen LogP contribution in [0.4, 0.5) is 8.78 Å². The summed E-state index contributed by atoms with van der Waals surface area (Å²) in [7, 11) is 5.38. The highest BCUT2D eigenvalue weighted by Gasteiger charge is 2.23. The average Bonchev–Trinajstić information content (AvgIpc) is 3.06. The number of aliphatic imine (C=N–C) groups is 1. The van der Waals surface area contributed by atoms with Crippen LogP contribution in [0, 0.1) is 5.92 Å². The summed E-state index contributed by atoms with van der Waals surface area (Å²) in [6.45, 7) is 8.65. The van der Waals surface area contributed by atoms with Gasteiger partial charge in [0.2, 0.25) is 5.91 Å². The number of allylic oxidation sites excluding steroid dienone is 7. The number of amides is 1. The SMILES string of the molecule is CCCC(C)CN(/C=C/C=C(F)\C=N/C)CCCN(C)C(=O)CN1CCCCN(C)C2=C1CC=CC(F)=C2. The van der Waals surface area contributed by atoms with Gasteiger partial charge in [-0.15, -0.1) is 0 Å². The summed E-state index contributed by atoms with van der Waals surface area (Å²) >= 11 is 0. The Hall–Kier alpha value is -2.90. The van der Waals surface area contributed by atoms with E-state index in [-0.39, 0.29) is 24.1 Å². The van der Waals surface area contributed by atoms with Crippen LogP contribution in [0.25, 0.3) is 0 Å². The highest BCUT2D eigenvalue weighted by atomic mass is 19.1. The van der Waals surface area contributed by atoms with Crippen molar-refractivity contribution in [3.8, 4) is 0 Å². The molecule has 0 spiro atoms. The van der Waals surface area contributed by atoms with E-state index in [1.165, 1.54) is 18.4 Å². The molecule has 0 aromatic rings. The lowest BCUT2D eigenvalue weighted by Gasteiger charge is -2.35. The molecule has 1 unspecified atom stereocenters. The van der Waals surface area contributed by atoms with Crippen molar-refractivity contribution in [2.75, 3.05) is 60.4 Å². The first-order valence-electron chi connectivity index (χ1n) is 13.9. The van der Waals surface area contributed by atoms with E-state index in [1.54, 1.807) is 24.1 Å². The summed E-state index contributed by atoms with van der Waals surface area (Å²) in [5, 5.41) is 0. The fraction of sp³-hybridized carbons (Fsp3) is 0.600. The van der Waals surface area contributed by atoms with Crippen molar-refractivity contribution in [1.82, 2.24) is 19.6 Å². The second-order valence-electron chi connectivity index (χ2n) is 10.4. The number of carbonyl (C=O) groups is 1. The number of nitrogens with zero attached hydrogens (tertiary/aromatic N) is 5. The van der Waals surface area contributed by atoms with Crippen molar-refractivity contribution >= 4 is 12.1 Å². The fourth-order valence-electron chi connectivity index (χ4n) is 4.91. The summed E-state index contributed by atoms with van der Waals surface area (Å²) in [6, 6.07) is 0. The Morgan fingerprint density at radius 2 is 2.03 bits per heavy atom. The first-order valence-corrected chi connectivity index (χ1v) is 13.9. The van der Waals surface area contributed by atoms with E-state index < -0.39 is 0 Å². The molecule has 6 nitrogen and oxygen atoms in total. The molecular formula is C30H47F2N5O. The third-order valence-electron chi connectivity index (χ3n) is 6.95. The van der Waals surface area contributed by atoms with Crippen LogP contribution >= 0.6 is 0 Å². The molecule has 0 radical (unpaired) electrons. The Labute approximate surface area is 228 Å². The second kappa shape index (κ2) is 16.8. The molecule has 1 amide bonds. The van der Waals surface area contributed by atoms with Crippen LogP contribution in [0.2, 0.25) is 0 Å². The number of hydrogen-bond acceptors (Lipinski definition) is 5. The Morgan fingerprint density at radius 1 is 1.26 bits per heavy atom. The molecule has 0 fully saturated rings. The van der Waals surface area contributed by atoms with E-state index >= 15 is 0 Å². The van der Waals surface area contributed by atoms with Crippen molar-refractivity contribution in [2.45, 2.75) is 52.4 Å². The van der Waals surface area contributed by atoms with Crippen molar-refractivity contribution < 1.29 is 13.6 Å². The topological polar surface area (TPSA) is 42.4 Å². The zero-order valence-electron chi connectivity index (χ0n) is 24.0. The van der Waals surface area contributed by atoms with E-state index in [0.29, 0.717) is 18.9 Å². The predicted molar refractivity (Wildman–Crippen MR) is 154 cm³/mol. The zero-order valence-corrected chi connectivity index (χ0v) is 24.0. The molecule has 1 heterocycles. The van der Waals surface area contributed by atoms with Gasteiger partial charge in [0.15, 0.2) is 0 Å². The monoisotopic (exact) mass is 531 g/mol. The highest BCUT2D eigenvalue weighted by Crippen LogP contribution is 2.26. The van der Waals surface area contributed by atoms with Crippen molar-refractivity contribution in [2.24, 2.45) is 10.9 Å². The molecular weight excluding hydrogens is 484 g/mol. The fourth-order valence-corrected chi connectivity index (χ4v) is 4.91. The van der Waals surface area contributed by atoms with Crippen LogP contribution in [0.5, 0.6) is 0 Å². The average molecular weight is 532 g/mol. The van der Waals surface area contributed by atoms with Crippen LogP contribution in [-0.2, 0) is 4.79 Å². The third kappa shape index (κ3) is 10.8. The lowest BCUT2D eigenvalue weighted by atomic mass is 10.1. The quantitative estimate of drug-likeness (QED) is 0.226. The first kappa shape index (κ1) is 31.3. The van der Waals surface area contributed by atoms with Gasteiger partial charge < -0.3 is 19.6 Å². The van der Waals surface area contributed by atoms with Crippen LogP contribution < -0.4 is 0 Å². The van der Waals surface area contributed by atoms with Gasteiger partial charge in [-0.25, -0.2) is 8.78 Å². The molecule has 0 saturated carbocycles. The second-order valence-corrected chi connectivity index (χ2v) is 10.4. The molecule has 0 aromatic carbocycles. The Balaban J connectivity index is 2.00. The molecule has 0 saturated heterocycles. The van der Waals surface area contributed by atoms with Gasteiger partial charge in [-0.05, 0) is 62.1 Å². The largest absolute Gasteiger partial charge is 0.377 e. The molecule has 1 aliphatic carbocycles. The molecule has 1 atom stereocenters. The van der Waals surface area contributed by atoms with Gasteiger partial charge in [0.25, 0.3) is 0 Å². The minimum Gasteiger partial charge on any atom is -0.377 e. The molecule has 212 valence electrons. The van der Waals surface area contributed by atoms with E-state index in [2.05, 4.69) is 33.5 Å². The van der Waals surface area contributed by atoms with Crippen LogP contribution in [-0.4, -0.2) is 92.1 Å². The van der Waals surface area contributed by atoms with E-state index in [4.69, 9.17) is 0 Å². The van der Waals surface area contributed by atoms with Crippen LogP contribution in [0.3, 0.4) is 0 Å². The molecule has 38 heavy (non-hydrogen) atoms. The summed E-state index contributed by atoms with van der Waals surface area (Å²) in [4.78, 5) is 25.1. The molecule has 0 aromatic heterocycles. The van der Waals surface area contributed by atoms with Crippen LogP contribution in [0.15, 0.2) is 64.6 Å². The Bertz CT molecular complexity index is 937. The number of halogens is 2. The van der Waals surface area contributed by atoms with Gasteiger partial charge >= 0.3 is 0 Å². The maximum Gasteiger partial charge on any atom is 0.241 e. The highest BCUT2D eigenvalue weighted by molar-refractivity contribution is 5.78. The lowest BCUT2D eigenvalue weighted by Crippen LogP contribution is -2.41. The maximum absolute atomic E-state index is 14.2.